The lowest BCUT2D eigenvalue weighted by Gasteiger charge is -2.16. The van der Waals surface area contributed by atoms with E-state index in [4.69, 9.17) is 23.2 Å². The van der Waals surface area contributed by atoms with Crippen molar-refractivity contribution in [3.63, 3.8) is 0 Å². The van der Waals surface area contributed by atoms with Gasteiger partial charge in [0.05, 0.1) is 0 Å². The maximum atomic E-state index is 11.3. The van der Waals surface area contributed by atoms with Gasteiger partial charge in [-0.1, -0.05) is 27.5 Å². The summed E-state index contributed by atoms with van der Waals surface area (Å²) in [5.74, 6) is -0.130. The fourth-order valence-electron chi connectivity index (χ4n) is 1.11. The predicted molar refractivity (Wildman–Crippen MR) is 66.3 cm³/mol. The van der Waals surface area contributed by atoms with Crippen LogP contribution < -0.4 is 0 Å². The quantitative estimate of drug-likeness (QED) is 0.784. The van der Waals surface area contributed by atoms with Gasteiger partial charge < -0.3 is 4.90 Å². The highest BCUT2D eigenvalue weighted by Gasteiger charge is 2.09. The molecule has 0 aromatic heterocycles. The minimum absolute atomic E-state index is 0.0118. The second-order valence-corrected chi connectivity index (χ2v) is 4.71. The van der Waals surface area contributed by atoms with Crippen molar-refractivity contribution in [1.29, 1.82) is 0 Å². The van der Waals surface area contributed by atoms with E-state index in [-0.39, 0.29) is 11.8 Å². The molecular weight excluding hydrogens is 301 g/mol. The molecule has 0 fully saturated rings. The largest absolute Gasteiger partial charge is 0.340 e. The molecule has 82 valence electrons. The van der Waals surface area contributed by atoms with Crippen molar-refractivity contribution in [3.8, 4) is 0 Å². The Bertz CT molecular complexity index is 370. The van der Waals surface area contributed by atoms with Gasteiger partial charge >= 0.3 is 0 Å². The second kappa shape index (κ2) is 5.73. The average Bonchev–Trinajstić information content (AvgIpc) is 2.22. The number of alkyl halides is 1. The third-order valence-corrected chi connectivity index (χ3v) is 3.05. The van der Waals surface area contributed by atoms with Crippen molar-refractivity contribution >= 4 is 45.0 Å². The Morgan fingerprint density at radius 1 is 1.53 bits per heavy atom. The highest BCUT2D eigenvalue weighted by molar-refractivity contribution is 9.10. The van der Waals surface area contributed by atoms with Gasteiger partial charge in [-0.25, -0.2) is 0 Å². The van der Waals surface area contributed by atoms with Crippen LogP contribution in [0.5, 0.6) is 0 Å². The standard InChI is InChI=1S/C10H10BrCl2NO/c1-14(10(15)5-12)6-7-4-8(11)2-3-9(7)13/h2-4H,5-6H2,1H3. The lowest BCUT2D eigenvalue weighted by atomic mass is 10.2. The van der Waals surface area contributed by atoms with Crippen LogP contribution in [0.3, 0.4) is 0 Å². The molecule has 0 saturated heterocycles. The van der Waals surface area contributed by atoms with E-state index in [1.165, 1.54) is 0 Å². The SMILES string of the molecule is CN(Cc1cc(Br)ccc1Cl)C(=O)CCl. The van der Waals surface area contributed by atoms with Crippen LogP contribution in [0, 0.1) is 0 Å². The Hall–Kier alpha value is -0.250. The maximum Gasteiger partial charge on any atom is 0.237 e. The molecule has 2 nitrogen and oxygen atoms in total. The van der Waals surface area contributed by atoms with Crippen molar-refractivity contribution in [1.82, 2.24) is 4.90 Å². The molecular formula is C10H10BrCl2NO. The van der Waals surface area contributed by atoms with E-state index in [1.807, 2.05) is 12.1 Å². The van der Waals surface area contributed by atoms with Gasteiger partial charge in [-0.2, -0.15) is 0 Å². The number of rotatable bonds is 3. The fraction of sp³-hybridized carbons (Fsp3) is 0.300. The van der Waals surface area contributed by atoms with Gasteiger partial charge in [-0.05, 0) is 23.8 Å². The molecule has 1 aromatic rings. The lowest BCUT2D eigenvalue weighted by Crippen LogP contribution is -2.27. The zero-order chi connectivity index (χ0) is 11.4. The van der Waals surface area contributed by atoms with Gasteiger partial charge in [0.2, 0.25) is 5.91 Å². The fourth-order valence-corrected chi connectivity index (χ4v) is 1.90. The molecule has 0 bridgehead atoms. The summed E-state index contributed by atoms with van der Waals surface area (Å²) in [4.78, 5) is 12.8. The van der Waals surface area contributed by atoms with E-state index in [2.05, 4.69) is 15.9 Å². The number of benzene rings is 1. The summed E-state index contributed by atoms with van der Waals surface area (Å²) in [6, 6.07) is 5.54. The van der Waals surface area contributed by atoms with Crippen LogP contribution in [0.4, 0.5) is 0 Å². The van der Waals surface area contributed by atoms with Gasteiger partial charge in [-0.3, -0.25) is 4.79 Å². The smallest absolute Gasteiger partial charge is 0.237 e. The highest BCUT2D eigenvalue weighted by atomic mass is 79.9. The maximum absolute atomic E-state index is 11.3. The molecule has 1 rings (SSSR count). The van der Waals surface area contributed by atoms with Gasteiger partial charge in [0.1, 0.15) is 5.88 Å². The Labute approximate surface area is 107 Å². The molecule has 0 aliphatic carbocycles. The first kappa shape index (κ1) is 12.8. The number of hydrogen-bond donors (Lipinski definition) is 0. The number of carbonyl (C=O) groups excluding carboxylic acids is 1. The molecule has 0 radical (unpaired) electrons. The number of amides is 1. The van der Waals surface area contributed by atoms with Crippen LogP contribution in [0.15, 0.2) is 22.7 Å². The van der Waals surface area contributed by atoms with E-state index in [0.717, 1.165) is 10.0 Å². The molecule has 0 aliphatic rings. The Morgan fingerprint density at radius 3 is 2.80 bits per heavy atom. The monoisotopic (exact) mass is 309 g/mol. The minimum atomic E-state index is -0.118. The third kappa shape index (κ3) is 3.67. The molecule has 0 saturated carbocycles. The Kier molecular flexibility index (Phi) is 4.90. The lowest BCUT2D eigenvalue weighted by molar-refractivity contribution is -0.127. The van der Waals surface area contributed by atoms with E-state index < -0.39 is 0 Å². The van der Waals surface area contributed by atoms with Crippen molar-refractivity contribution in [2.75, 3.05) is 12.9 Å². The van der Waals surface area contributed by atoms with Crippen LogP contribution >= 0.6 is 39.1 Å². The molecule has 0 heterocycles. The van der Waals surface area contributed by atoms with Crippen molar-refractivity contribution < 1.29 is 4.79 Å². The molecule has 0 N–H and O–H groups in total. The summed E-state index contributed by atoms with van der Waals surface area (Å²) in [6.07, 6.45) is 0. The average molecular weight is 311 g/mol. The number of hydrogen-bond acceptors (Lipinski definition) is 1. The van der Waals surface area contributed by atoms with Crippen LogP contribution in [-0.2, 0) is 11.3 Å². The molecule has 15 heavy (non-hydrogen) atoms. The third-order valence-electron chi connectivity index (χ3n) is 1.96. The normalized spacial score (nSPS) is 10.1. The topological polar surface area (TPSA) is 20.3 Å². The van der Waals surface area contributed by atoms with Crippen LogP contribution in [0.1, 0.15) is 5.56 Å². The molecule has 5 heteroatoms. The Morgan fingerprint density at radius 2 is 2.20 bits per heavy atom. The molecule has 0 aliphatic heterocycles. The zero-order valence-corrected chi connectivity index (χ0v) is 11.2. The summed E-state index contributed by atoms with van der Waals surface area (Å²) in [5, 5.41) is 0.646. The van der Waals surface area contributed by atoms with E-state index in [0.29, 0.717) is 11.6 Å². The number of halogens is 3. The highest BCUT2D eigenvalue weighted by Crippen LogP contribution is 2.22. The van der Waals surface area contributed by atoms with Gasteiger partial charge in [0.15, 0.2) is 0 Å². The zero-order valence-electron chi connectivity index (χ0n) is 8.14. The van der Waals surface area contributed by atoms with E-state index in [1.54, 1.807) is 18.0 Å². The number of nitrogens with zero attached hydrogens (tertiary/aromatic N) is 1. The Balaban J connectivity index is 2.80. The van der Waals surface area contributed by atoms with Crippen molar-refractivity contribution in [2.45, 2.75) is 6.54 Å². The summed E-state index contributed by atoms with van der Waals surface area (Å²) in [5.41, 5.74) is 0.895. The summed E-state index contributed by atoms with van der Waals surface area (Å²) >= 11 is 14.8. The summed E-state index contributed by atoms with van der Waals surface area (Å²) in [7, 11) is 1.70. The first-order valence-corrected chi connectivity index (χ1v) is 5.99. The predicted octanol–water partition coefficient (Wildman–Crippen LogP) is 3.30. The van der Waals surface area contributed by atoms with Crippen molar-refractivity contribution in [3.05, 3.63) is 33.3 Å². The van der Waals surface area contributed by atoms with Crippen LogP contribution in [0.25, 0.3) is 0 Å². The van der Waals surface area contributed by atoms with Crippen molar-refractivity contribution in [2.24, 2.45) is 0 Å². The van der Waals surface area contributed by atoms with Gasteiger partial charge in [0.25, 0.3) is 0 Å². The molecule has 0 spiro atoms. The molecule has 1 amide bonds. The molecule has 0 unspecified atom stereocenters. The van der Waals surface area contributed by atoms with E-state index >= 15 is 0 Å². The van der Waals surface area contributed by atoms with Crippen LogP contribution in [-0.4, -0.2) is 23.7 Å². The molecule has 1 aromatic carbocycles. The number of carbonyl (C=O) groups is 1. The minimum Gasteiger partial charge on any atom is -0.340 e. The second-order valence-electron chi connectivity index (χ2n) is 3.12. The molecule has 0 atom stereocenters. The summed E-state index contributed by atoms with van der Waals surface area (Å²) < 4.78 is 0.939. The van der Waals surface area contributed by atoms with Crippen LogP contribution in [0.2, 0.25) is 5.02 Å². The van der Waals surface area contributed by atoms with Gasteiger partial charge in [0, 0.05) is 23.1 Å². The first-order valence-electron chi connectivity index (χ1n) is 4.28. The first-order chi connectivity index (χ1) is 7.04. The van der Waals surface area contributed by atoms with Gasteiger partial charge in [-0.15, -0.1) is 11.6 Å². The summed E-state index contributed by atoms with van der Waals surface area (Å²) in [6.45, 7) is 0.462. The van der Waals surface area contributed by atoms with E-state index in [9.17, 15) is 4.79 Å².